The predicted molar refractivity (Wildman–Crippen MR) is 338 cm³/mol. The number of benzene rings is 2. The van der Waals surface area contributed by atoms with Crippen molar-refractivity contribution in [2.75, 3.05) is 52.0 Å². The molecule has 2 aromatic carbocycles. The van der Waals surface area contributed by atoms with Crippen LogP contribution in [0.4, 0.5) is 8.78 Å². The molecule has 12 saturated carbocycles. The fourth-order valence-electron chi connectivity index (χ4n) is 24.2. The van der Waals surface area contributed by atoms with Gasteiger partial charge in [-0.15, -0.1) is 11.6 Å². The average Bonchev–Trinajstić information content (AvgIpc) is 0.721. The molecule has 13 heteroatoms. The number of carbonyl (C=O) groups is 3. The van der Waals surface area contributed by atoms with Gasteiger partial charge in [0.05, 0.1) is 24.2 Å². The fourth-order valence-corrected chi connectivity index (χ4v) is 24.6. The molecule has 3 amide bonds. The van der Waals surface area contributed by atoms with Crippen LogP contribution in [0.5, 0.6) is 0 Å². The van der Waals surface area contributed by atoms with E-state index in [2.05, 4.69) is 111 Å². The average molecular weight is 1200 g/mol. The third-order valence-corrected chi connectivity index (χ3v) is 26.7. The van der Waals surface area contributed by atoms with E-state index in [0.29, 0.717) is 69.1 Å². The van der Waals surface area contributed by atoms with E-state index in [1.807, 2.05) is 0 Å². The number of alkyl halides is 3. The van der Waals surface area contributed by atoms with E-state index in [1.165, 1.54) is 22.3 Å². The van der Waals surface area contributed by atoms with Crippen molar-refractivity contribution in [1.29, 1.82) is 0 Å². The summed E-state index contributed by atoms with van der Waals surface area (Å²) < 4.78 is 33.1. The summed E-state index contributed by atoms with van der Waals surface area (Å²) in [7, 11) is 0. The highest BCUT2D eigenvalue weighted by Gasteiger charge is 2.72. The Morgan fingerprint density at radius 3 is 2.09 bits per heavy atom. The number of rotatable bonds is 19. The SMILES string of the molecule is C=C(/C=C\C(=C/C)C12CC3(C(=O)NC4CC5CNC4C5)C[C@](CF)(C1)C[C@@](c1ccc(C4(CCC(=O)N[C@H]5CC[C@@H](N)CC5)C[C@@]5(CF)CCC[C@@](c6ccccc6)(C4)C5)cc1)(C3)C2)[C@]12CC3CC(C(=O)NN4CCNCC4)(C[C@](CCCl)(C3)C1)C2. The van der Waals surface area contributed by atoms with Gasteiger partial charge in [-0.2, -0.15) is 0 Å². The number of hydrogen-bond donors (Lipinski definition) is 6. The van der Waals surface area contributed by atoms with Crippen molar-refractivity contribution in [2.24, 2.45) is 55.5 Å². The van der Waals surface area contributed by atoms with E-state index < -0.39 is 44.6 Å². The molecule has 12 aliphatic carbocycles. The molecule has 14 aliphatic rings. The van der Waals surface area contributed by atoms with Crippen LogP contribution in [0.25, 0.3) is 0 Å². The van der Waals surface area contributed by atoms with Crippen molar-refractivity contribution in [3.05, 3.63) is 107 Å². The van der Waals surface area contributed by atoms with E-state index in [0.717, 1.165) is 160 Å². The van der Waals surface area contributed by atoms with Gasteiger partial charge in [-0.3, -0.25) is 28.6 Å². The number of hydrogen-bond acceptors (Lipinski definition) is 7. The van der Waals surface area contributed by atoms with Gasteiger partial charge < -0.3 is 27.0 Å². The Labute approximate surface area is 517 Å². The number of carbonyl (C=O) groups excluding carboxylic acids is 3. The zero-order chi connectivity index (χ0) is 59.4. The Morgan fingerprint density at radius 1 is 0.686 bits per heavy atom. The minimum Gasteiger partial charge on any atom is -0.353 e. The van der Waals surface area contributed by atoms with Gasteiger partial charge in [0, 0.05) is 73.5 Å². The normalized spacial score (nSPS) is 43.8. The molecule has 12 bridgehead atoms. The van der Waals surface area contributed by atoms with Gasteiger partial charge in [-0.25, -0.2) is 5.01 Å². The number of amides is 3. The first-order chi connectivity index (χ1) is 41.4. The molecule has 0 aromatic heterocycles. The second-order valence-corrected chi connectivity index (χ2v) is 32.8. The summed E-state index contributed by atoms with van der Waals surface area (Å²) in [6, 6.07) is 20.9. The lowest BCUT2D eigenvalue weighted by molar-refractivity contribution is -0.180. The predicted octanol–water partition coefficient (Wildman–Crippen LogP) is 12.3. The first kappa shape index (κ1) is 59.7. The zero-order valence-electron chi connectivity index (χ0n) is 51.7. The van der Waals surface area contributed by atoms with Crippen LogP contribution in [-0.4, -0.2) is 98.9 Å². The molecule has 2 aromatic rings. The minimum absolute atomic E-state index is 0.0161. The highest BCUT2D eigenvalue weighted by molar-refractivity contribution is 6.17. The topological polar surface area (TPSA) is 141 Å². The fraction of sp³-hybridized carbons (Fsp3) is 0.712. The minimum atomic E-state index is -0.785. The molecule has 0 spiro atoms. The van der Waals surface area contributed by atoms with E-state index in [4.69, 9.17) is 23.9 Å². The van der Waals surface area contributed by atoms with Crippen molar-refractivity contribution in [1.82, 2.24) is 31.7 Å². The van der Waals surface area contributed by atoms with Gasteiger partial charge in [0.2, 0.25) is 17.7 Å². The van der Waals surface area contributed by atoms with Crippen molar-refractivity contribution >= 4 is 29.3 Å². The number of allylic oxidation sites excluding steroid dienone is 5. The maximum Gasteiger partial charge on any atom is 0.240 e. The van der Waals surface area contributed by atoms with Crippen molar-refractivity contribution < 1.29 is 23.2 Å². The highest BCUT2D eigenvalue weighted by atomic mass is 35.5. The lowest BCUT2D eigenvalue weighted by Gasteiger charge is -2.70. The Hall–Kier alpha value is -3.94. The molecule has 14 atom stereocenters. The molecule has 8 unspecified atom stereocenters. The molecule has 466 valence electrons. The smallest absolute Gasteiger partial charge is 0.240 e. The van der Waals surface area contributed by atoms with E-state index in [1.54, 1.807) is 0 Å². The maximum absolute atomic E-state index is 16.9. The zero-order valence-corrected chi connectivity index (χ0v) is 52.5. The largest absolute Gasteiger partial charge is 0.353 e. The number of nitrogens with two attached hydrogens (primary N) is 1. The first-order valence-corrected chi connectivity index (χ1v) is 34.7. The summed E-state index contributed by atoms with van der Waals surface area (Å²) in [4.78, 5) is 44.8. The Bertz CT molecular complexity index is 3000. The van der Waals surface area contributed by atoms with Crippen LogP contribution in [0.15, 0.2) is 90.6 Å². The number of nitrogens with zero attached hydrogens (tertiary/aromatic N) is 1. The molecule has 7 N–H and O–H groups in total. The highest BCUT2D eigenvalue weighted by Crippen LogP contribution is 2.77. The third kappa shape index (κ3) is 10.2. The first-order valence-electron chi connectivity index (χ1n) is 34.1. The number of nitrogens with one attached hydrogen (secondary N) is 5. The molecule has 86 heavy (non-hydrogen) atoms. The van der Waals surface area contributed by atoms with E-state index >= 15 is 13.6 Å². The lowest BCUT2D eigenvalue weighted by Crippen LogP contribution is -2.67. The number of fused-ring (bicyclic) bond motifs is 4. The summed E-state index contributed by atoms with van der Waals surface area (Å²) in [6.07, 6.45) is 29.4. The molecule has 14 fully saturated rings. The Morgan fingerprint density at radius 2 is 1.37 bits per heavy atom. The van der Waals surface area contributed by atoms with Crippen molar-refractivity contribution in [3.8, 4) is 0 Å². The number of halogens is 3. The van der Waals surface area contributed by atoms with Crippen LogP contribution >= 0.6 is 11.6 Å². The van der Waals surface area contributed by atoms with Crippen LogP contribution in [-0.2, 0) is 30.6 Å². The van der Waals surface area contributed by atoms with E-state index in [9.17, 15) is 9.59 Å². The van der Waals surface area contributed by atoms with Crippen LogP contribution in [0, 0.1) is 49.7 Å². The summed E-state index contributed by atoms with van der Waals surface area (Å²) in [5.74, 6) is 1.92. The summed E-state index contributed by atoms with van der Waals surface area (Å²) in [6.45, 7) is 10.6. The molecule has 2 aliphatic heterocycles. The third-order valence-electron chi connectivity index (χ3n) is 26.5. The van der Waals surface area contributed by atoms with Gasteiger partial charge >= 0.3 is 0 Å². The van der Waals surface area contributed by atoms with Crippen LogP contribution in [0.1, 0.15) is 197 Å². The molecular formula is C73H100ClF2N7O3. The second-order valence-electron chi connectivity index (χ2n) is 32.5. The molecule has 2 saturated heterocycles. The molecule has 10 nitrogen and oxygen atoms in total. The maximum atomic E-state index is 16.9. The number of piperazine rings is 1. The van der Waals surface area contributed by atoms with Crippen LogP contribution in [0.2, 0.25) is 0 Å². The van der Waals surface area contributed by atoms with Gasteiger partial charge in [0.25, 0.3) is 0 Å². The molecule has 0 radical (unpaired) electrons. The Balaban J connectivity index is 0.814. The van der Waals surface area contributed by atoms with Crippen molar-refractivity contribution in [3.63, 3.8) is 0 Å². The summed E-state index contributed by atoms with van der Waals surface area (Å²) >= 11 is 6.70. The quantitative estimate of drug-likeness (QED) is 0.0608. The Kier molecular flexibility index (Phi) is 15.4. The summed E-state index contributed by atoms with van der Waals surface area (Å²) in [5, 5.41) is 16.3. The van der Waals surface area contributed by atoms with Gasteiger partial charge in [-0.1, -0.05) is 85.8 Å². The summed E-state index contributed by atoms with van der Waals surface area (Å²) in [5.41, 5.74) is 11.2. The van der Waals surface area contributed by atoms with Crippen molar-refractivity contribution in [2.45, 2.75) is 221 Å². The van der Waals surface area contributed by atoms with E-state index in [-0.39, 0.29) is 64.8 Å². The van der Waals surface area contributed by atoms with Gasteiger partial charge in [0.1, 0.15) is 0 Å². The van der Waals surface area contributed by atoms with Crippen LogP contribution in [0.3, 0.4) is 0 Å². The number of hydrazine groups is 1. The standard InChI is InChI=1S/C73H100ClF2N7O3/c1-3-53(11-10-50(2)69-33-52-32-64(36-69,24-25-74)37-70(34-52,44-69)63(86)82-83-28-26-78-27-29-83)71-40-66(49-76)41-72(45-71,47-73(42-66,46-71)62(85)81-60-31-51-30-59(60)79-35-51)56-14-12-55(13-15-56)68(23-20-61(84)80-58-18-16-57(77)17-19-58)39-65(48-75)21-7-22-67(38-65,43-68)54-8-5-4-6-9-54/h3-6,8-15,51-52,57-60,78-79H,2,7,16-49,77H2,1H3,(H,80,84)(H,81,85)(H,82,86)/b11-10-,53-3+/t51?,52?,57-,58+,59?,60?,64-,65-,66+,67+,68?,69-,70?,71?,72+,73?/m1/s1. The molecule has 16 rings (SSSR count). The van der Waals surface area contributed by atoms with Crippen LogP contribution < -0.4 is 32.4 Å². The lowest BCUT2D eigenvalue weighted by atomic mass is 9.33. The molecular weight excluding hydrogens is 1100 g/mol. The molecule has 2 heterocycles. The monoisotopic (exact) mass is 1200 g/mol. The second kappa shape index (κ2) is 22.2. The number of piperidine rings is 1. The van der Waals surface area contributed by atoms with Gasteiger partial charge in [-0.05, 0) is 246 Å². The van der Waals surface area contributed by atoms with Gasteiger partial charge in [0.15, 0.2) is 0 Å².